The molecule has 0 spiro atoms. The highest BCUT2D eigenvalue weighted by molar-refractivity contribution is 6.02. The van der Waals surface area contributed by atoms with Crippen LogP contribution in [0, 0.1) is 0 Å². The average Bonchev–Trinajstić information content (AvgIpc) is 2.54. The normalized spacial score (nSPS) is 9.23. The van der Waals surface area contributed by atoms with Crippen molar-refractivity contribution in [3.05, 3.63) is 35.4 Å². The number of carbonyl (C=O) groups is 3. The van der Waals surface area contributed by atoms with Gasteiger partial charge in [0.2, 0.25) is 0 Å². The van der Waals surface area contributed by atoms with Crippen molar-refractivity contribution >= 4 is 17.9 Å². The third-order valence-corrected chi connectivity index (χ3v) is 2.45. The Morgan fingerprint density at radius 3 is 2.18 bits per heavy atom. The van der Waals surface area contributed by atoms with Crippen LogP contribution in [0.25, 0.3) is 0 Å². The topological polar surface area (TPSA) is 110 Å². The summed E-state index contributed by atoms with van der Waals surface area (Å²) in [6.45, 7) is 1.92. The number of aliphatic hydroxyl groups excluding tert-OH is 1. The van der Waals surface area contributed by atoms with Crippen molar-refractivity contribution in [2.24, 2.45) is 0 Å². The number of rotatable bonds is 6. The second-order valence-electron chi connectivity index (χ2n) is 4.07. The molecule has 0 fully saturated rings. The Balaban J connectivity index is 0.000000433. The van der Waals surface area contributed by atoms with E-state index < -0.39 is 24.5 Å². The van der Waals surface area contributed by atoms with E-state index in [9.17, 15) is 14.4 Å². The summed E-state index contributed by atoms with van der Waals surface area (Å²) in [5.74, 6) is -2.32. The third-order valence-electron chi connectivity index (χ3n) is 2.45. The highest BCUT2D eigenvalue weighted by atomic mass is 16.5. The third kappa shape index (κ3) is 7.39. The van der Waals surface area contributed by atoms with Crippen LogP contribution in [-0.2, 0) is 14.3 Å². The van der Waals surface area contributed by atoms with Gasteiger partial charge in [0.1, 0.15) is 6.61 Å². The van der Waals surface area contributed by atoms with Gasteiger partial charge >= 0.3 is 17.9 Å². The Labute approximate surface area is 128 Å². The van der Waals surface area contributed by atoms with Gasteiger partial charge in [0.05, 0.1) is 24.8 Å². The summed E-state index contributed by atoms with van der Waals surface area (Å²) in [6, 6.07) is 5.90. The number of unbranched alkanes of at least 4 members (excludes halogenated alkanes) is 1. The molecule has 0 aliphatic carbocycles. The number of ether oxygens (including phenoxy) is 2. The van der Waals surface area contributed by atoms with Crippen molar-refractivity contribution < 1.29 is 34.1 Å². The lowest BCUT2D eigenvalue weighted by molar-refractivity contribution is -0.146. The quantitative estimate of drug-likeness (QED) is 0.605. The van der Waals surface area contributed by atoms with Crippen LogP contribution in [0.2, 0.25) is 0 Å². The van der Waals surface area contributed by atoms with Crippen molar-refractivity contribution in [3.8, 4) is 0 Å². The van der Waals surface area contributed by atoms with E-state index in [1.165, 1.54) is 19.2 Å². The van der Waals surface area contributed by atoms with Gasteiger partial charge in [-0.3, -0.25) is 0 Å². The molecule has 0 radical (unpaired) electrons. The molecule has 1 aromatic rings. The first-order valence-electron chi connectivity index (χ1n) is 6.65. The number of carboxylic acids is 1. The molecule has 1 rings (SSSR count). The summed E-state index contributed by atoms with van der Waals surface area (Å²) < 4.78 is 8.97. The molecule has 122 valence electrons. The molecule has 7 nitrogen and oxygen atoms in total. The van der Waals surface area contributed by atoms with E-state index in [0.717, 1.165) is 12.8 Å². The molecule has 0 unspecified atom stereocenters. The first kappa shape index (κ1) is 19.6. The van der Waals surface area contributed by atoms with Crippen LogP contribution < -0.4 is 0 Å². The molecule has 7 heteroatoms. The summed E-state index contributed by atoms with van der Waals surface area (Å²) in [4.78, 5) is 31.9. The summed E-state index contributed by atoms with van der Waals surface area (Å²) in [5, 5.41) is 16.9. The van der Waals surface area contributed by atoms with Crippen molar-refractivity contribution in [2.75, 3.05) is 20.3 Å². The largest absolute Gasteiger partial charge is 0.478 e. The summed E-state index contributed by atoms with van der Waals surface area (Å²) in [7, 11) is 1.21. The maximum atomic E-state index is 11.1. The SMILES string of the molecule is CCCCOC(=O)CO.COC(=O)c1ccccc1C(=O)O. The Hall–Kier alpha value is -2.41. The van der Waals surface area contributed by atoms with E-state index in [1.54, 1.807) is 12.1 Å². The zero-order valence-corrected chi connectivity index (χ0v) is 12.6. The van der Waals surface area contributed by atoms with Gasteiger partial charge in [-0.25, -0.2) is 14.4 Å². The van der Waals surface area contributed by atoms with Crippen molar-refractivity contribution in [2.45, 2.75) is 19.8 Å². The van der Waals surface area contributed by atoms with Crippen LogP contribution in [0.4, 0.5) is 0 Å². The second-order valence-corrected chi connectivity index (χ2v) is 4.07. The Bertz CT molecular complexity index is 496. The minimum Gasteiger partial charge on any atom is -0.478 e. The minimum atomic E-state index is -1.14. The summed E-state index contributed by atoms with van der Waals surface area (Å²) in [6.07, 6.45) is 1.87. The molecule has 0 saturated heterocycles. The predicted octanol–water partition coefficient (Wildman–Crippen LogP) is 1.49. The smallest absolute Gasteiger partial charge is 0.338 e. The van der Waals surface area contributed by atoms with E-state index in [4.69, 9.17) is 10.2 Å². The van der Waals surface area contributed by atoms with Crippen molar-refractivity contribution in [3.63, 3.8) is 0 Å². The van der Waals surface area contributed by atoms with E-state index in [0.29, 0.717) is 6.61 Å². The maximum absolute atomic E-state index is 11.1. The molecular formula is C15H20O7. The summed E-state index contributed by atoms with van der Waals surface area (Å²) in [5.41, 5.74) is 0.0202. The van der Waals surface area contributed by atoms with E-state index in [-0.39, 0.29) is 11.1 Å². The molecule has 0 heterocycles. The number of methoxy groups -OCH3 is 1. The molecule has 0 saturated carbocycles. The fourth-order valence-corrected chi connectivity index (χ4v) is 1.33. The first-order valence-corrected chi connectivity index (χ1v) is 6.65. The van der Waals surface area contributed by atoms with Gasteiger partial charge < -0.3 is 19.7 Å². The van der Waals surface area contributed by atoms with Gasteiger partial charge in [0.25, 0.3) is 0 Å². The lowest BCUT2D eigenvalue weighted by Crippen LogP contribution is -2.09. The zero-order valence-electron chi connectivity index (χ0n) is 12.6. The Kier molecular flexibility index (Phi) is 10.0. The highest BCUT2D eigenvalue weighted by Gasteiger charge is 2.15. The number of carbonyl (C=O) groups excluding carboxylic acids is 2. The summed E-state index contributed by atoms with van der Waals surface area (Å²) >= 11 is 0. The number of aliphatic hydroxyl groups is 1. The molecule has 0 aliphatic heterocycles. The molecule has 2 N–H and O–H groups in total. The van der Waals surface area contributed by atoms with Gasteiger partial charge in [-0.05, 0) is 18.6 Å². The first-order chi connectivity index (χ1) is 10.5. The van der Waals surface area contributed by atoms with E-state index in [1.807, 2.05) is 6.92 Å². The number of esters is 2. The number of carboxylic acid groups (broad SMARTS) is 1. The number of hydrogen-bond donors (Lipinski definition) is 2. The molecule has 0 atom stereocenters. The van der Waals surface area contributed by atoms with Gasteiger partial charge in [-0.15, -0.1) is 0 Å². The minimum absolute atomic E-state index is 0.0469. The van der Waals surface area contributed by atoms with Crippen LogP contribution in [0.1, 0.15) is 40.5 Å². The molecule has 0 bridgehead atoms. The van der Waals surface area contributed by atoms with Crippen LogP contribution in [0.3, 0.4) is 0 Å². The van der Waals surface area contributed by atoms with Gasteiger partial charge in [-0.2, -0.15) is 0 Å². The van der Waals surface area contributed by atoms with Gasteiger partial charge in [-0.1, -0.05) is 25.5 Å². The molecule has 0 amide bonds. The number of benzene rings is 1. The second kappa shape index (κ2) is 11.3. The van der Waals surface area contributed by atoms with Gasteiger partial charge in [0, 0.05) is 0 Å². The van der Waals surface area contributed by atoms with Crippen LogP contribution in [0.15, 0.2) is 24.3 Å². The number of aromatic carboxylic acids is 1. The van der Waals surface area contributed by atoms with Crippen LogP contribution in [0.5, 0.6) is 0 Å². The average molecular weight is 312 g/mol. The Morgan fingerprint density at radius 1 is 1.14 bits per heavy atom. The van der Waals surface area contributed by atoms with Gasteiger partial charge in [0.15, 0.2) is 0 Å². The van der Waals surface area contributed by atoms with Crippen LogP contribution in [-0.4, -0.2) is 48.4 Å². The van der Waals surface area contributed by atoms with Crippen molar-refractivity contribution in [1.29, 1.82) is 0 Å². The molecule has 1 aromatic carbocycles. The van der Waals surface area contributed by atoms with E-state index in [2.05, 4.69) is 9.47 Å². The monoisotopic (exact) mass is 312 g/mol. The highest BCUT2D eigenvalue weighted by Crippen LogP contribution is 2.09. The van der Waals surface area contributed by atoms with E-state index >= 15 is 0 Å². The van der Waals surface area contributed by atoms with Crippen molar-refractivity contribution in [1.82, 2.24) is 0 Å². The molecule has 0 aromatic heterocycles. The fraction of sp³-hybridized carbons (Fsp3) is 0.400. The zero-order chi connectivity index (χ0) is 17.0. The predicted molar refractivity (Wildman–Crippen MR) is 77.7 cm³/mol. The maximum Gasteiger partial charge on any atom is 0.338 e. The lowest BCUT2D eigenvalue weighted by Gasteiger charge is -2.02. The Morgan fingerprint density at radius 2 is 1.73 bits per heavy atom. The lowest BCUT2D eigenvalue weighted by atomic mass is 10.1. The fourth-order valence-electron chi connectivity index (χ4n) is 1.33. The standard InChI is InChI=1S/C9H8O4.C6H12O3/c1-13-9(12)7-5-3-2-4-6(7)8(10)11;1-2-3-4-9-6(8)5-7/h2-5H,1H3,(H,10,11);7H,2-5H2,1H3. The molecule has 22 heavy (non-hydrogen) atoms. The molecule has 0 aliphatic rings. The number of hydrogen-bond acceptors (Lipinski definition) is 6. The van der Waals surface area contributed by atoms with Crippen LogP contribution >= 0.6 is 0 Å². The molecular weight excluding hydrogens is 292 g/mol.